The summed E-state index contributed by atoms with van der Waals surface area (Å²) in [6.45, 7) is 3.90. The van der Waals surface area contributed by atoms with Crippen LogP contribution in [0.3, 0.4) is 0 Å². The summed E-state index contributed by atoms with van der Waals surface area (Å²) in [5.74, 6) is -0.592. The Balaban J connectivity index is 2.16. The first-order valence-electron chi connectivity index (χ1n) is 6.75. The topological polar surface area (TPSA) is 57.6 Å². The highest BCUT2D eigenvalue weighted by atomic mass is 16.3. The Labute approximate surface area is 108 Å². The molecule has 0 aromatic heterocycles. The van der Waals surface area contributed by atoms with Crippen molar-refractivity contribution in [1.82, 2.24) is 4.90 Å². The Hall–Kier alpha value is -1.16. The Morgan fingerprint density at radius 3 is 2.00 bits per heavy atom. The molecule has 1 fully saturated rings. The van der Waals surface area contributed by atoms with Gasteiger partial charge in [0.25, 0.3) is 0 Å². The molecule has 0 bridgehead atoms. The van der Waals surface area contributed by atoms with Crippen molar-refractivity contribution in [3.63, 3.8) is 0 Å². The molecule has 0 radical (unpaired) electrons. The molecule has 2 aliphatic rings. The molecule has 0 saturated carbocycles. The van der Waals surface area contributed by atoms with Gasteiger partial charge in [0.1, 0.15) is 0 Å². The maximum absolute atomic E-state index is 12.2. The fourth-order valence-electron chi connectivity index (χ4n) is 2.79. The molecular formula is C14H21NO3. The van der Waals surface area contributed by atoms with E-state index in [2.05, 4.69) is 0 Å². The zero-order valence-corrected chi connectivity index (χ0v) is 11.1. The molecule has 4 nitrogen and oxygen atoms in total. The maximum Gasteiger partial charge on any atom is 0.233 e. The molecule has 100 valence electrons. The van der Waals surface area contributed by atoms with E-state index in [9.17, 15) is 14.7 Å². The average Bonchev–Trinajstić information content (AvgIpc) is 2.64. The van der Waals surface area contributed by atoms with Gasteiger partial charge in [-0.3, -0.25) is 14.5 Å². The van der Waals surface area contributed by atoms with E-state index in [4.69, 9.17) is 0 Å². The van der Waals surface area contributed by atoms with Crippen LogP contribution in [0, 0.1) is 11.8 Å². The summed E-state index contributed by atoms with van der Waals surface area (Å²) >= 11 is 0. The summed E-state index contributed by atoms with van der Waals surface area (Å²) in [5, 5.41) is 10.3. The Morgan fingerprint density at radius 2 is 1.61 bits per heavy atom. The van der Waals surface area contributed by atoms with Crippen LogP contribution in [-0.4, -0.2) is 34.0 Å². The summed E-state index contributed by atoms with van der Waals surface area (Å²) in [4.78, 5) is 25.7. The van der Waals surface area contributed by atoms with E-state index in [1.165, 1.54) is 4.90 Å². The number of β-amino-alcohol motifs (C(OH)–C–C–N with tert-alkyl or cyclic N) is 1. The number of imide groups is 1. The molecule has 0 spiro atoms. The number of hydrogen-bond acceptors (Lipinski definition) is 3. The molecule has 2 amide bonds. The summed E-state index contributed by atoms with van der Waals surface area (Å²) in [6.07, 6.45) is 6.36. The van der Waals surface area contributed by atoms with E-state index >= 15 is 0 Å². The van der Waals surface area contributed by atoms with Gasteiger partial charge in [0.2, 0.25) is 11.8 Å². The Morgan fingerprint density at radius 1 is 1.17 bits per heavy atom. The minimum absolute atomic E-state index is 0.102. The zero-order valence-electron chi connectivity index (χ0n) is 11.1. The van der Waals surface area contributed by atoms with Crippen molar-refractivity contribution in [2.45, 2.75) is 45.1 Å². The van der Waals surface area contributed by atoms with Crippen LogP contribution in [0.1, 0.15) is 39.5 Å². The minimum Gasteiger partial charge on any atom is -0.388 e. The molecule has 0 aromatic carbocycles. The lowest BCUT2D eigenvalue weighted by atomic mass is 9.85. The number of allylic oxidation sites excluding steroid dienone is 2. The highest BCUT2D eigenvalue weighted by Crippen LogP contribution is 2.36. The minimum atomic E-state index is -0.938. The van der Waals surface area contributed by atoms with Gasteiger partial charge < -0.3 is 5.11 Å². The fraction of sp³-hybridized carbons (Fsp3) is 0.714. The SMILES string of the molecule is CCC(O)(CC)CN1C(=O)[C@H]2CC=CC[C@H]2C1=O. The lowest BCUT2D eigenvalue weighted by Crippen LogP contribution is -2.45. The number of amides is 2. The second kappa shape index (κ2) is 4.84. The summed E-state index contributed by atoms with van der Waals surface area (Å²) in [7, 11) is 0. The first kappa shape index (κ1) is 13.3. The van der Waals surface area contributed by atoms with Gasteiger partial charge in [-0.2, -0.15) is 0 Å². The normalized spacial score (nSPS) is 27.8. The molecule has 0 unspecified atom stereocenters. The van der Waals surface area contributed by atoms with Gasteiger partial charge in [-0.25, -0.2) is 0 Å². The molecule has 2 rings (SSSR count). The third-order valence-corrected chi connectivity index (χ3v) is 4.37. The third-order valence-electron chi connectivity index (χ3n) is 4.37. The number of likely N-dealkylation sites (tertiary alicyclic amines) is 1. The predicted octanol–water partition coefficient (Wildman–Crippen LogP) is 1.49. The molecule has 1 heterocycles. The van der Waals surface area contributed by atoms with Gasteiger partial charge >= 0.3 is 0 Å². The van der Waals surface area contributed by atoms with Crippen LogP contribution in [0.25, 0.3) is 0 Å². The Bertz CT molecular complexity index is 359. The van der Waals surface area contributed by atoms with Crippen LogP contribution in [0.15, 0.2) is 12.2 Å². The Kier molecular flexibility index (Phi) is 3.57. The van der Waals surface area contributed by atoms with E-state index in [0.29, 0.717) is 25.7 Å². The van der Waals surface area contributed by atoms with Crippen LogP contribution in [0.4, 0.5) is 0 Å². The lowest BCUT2D eigenvalue weighted by molar-refractivity contribution is -0.144. The van der Waals surface area contributed by atoms with E-state index in [1.54, 1.807) is 0 Å². The van der Waals surface area contributed by atoms with Gasteiger partial charge in [-0.1, -0.05) is 26.0 Å². The van der Waals surface area contributed by atoms with Crippen molar-refractivity contribution < 1.29 is 14.7 Å². The highest BCUT2D eigenvalue weighted by molar-refractivity contribution is 6.05. The number of carbonyl (C=O) groups is 2. The number of aliphatic hydroxyl groups is 1. The molecule has 0 aromatic rings. The lowest BCUT2D eigenvalue weighted by Gasteiger charge is -2.29. The molecular weight excluding hydrogens is 230 g/mol. The molecule has 1 aliphatic carbocycles. The van der Waals surface area contributed by atoms with Gasteiger partial charge in [0.15, 0.2) is 0 Å². The summed E-state index contributed by atoms with van der Waals surface area (Å²) < 4.78 is 0. The molecule has 1 saturated heterocycles. The first-order chi connectivity index (χ1) is 8.52. The third kappa shape index (κ3) is 2.09. The quantitative estimate of drug-likeness (QED) is 0.608. The van der Waals surface area contributed by atoms with Gasteiger partial charge in [-0.15, -0.1) is 0 Å². The van der Waals surface area contributed by atoms with Gasteiger partial charge in [0, 0.05) is 0 Å². The number of rotatable bonds is 4. The van der Waals surface area contributed by atoms with Crippen molar-refractivity contribution in [2.75, 3.05) is 6.54 Å². The number of fused-ring (bicyclic) bond motifs is 1. The van der Waals surface area contributed by atoms with Crippen molar-refractivity contribution >= 4 is 11.8 Å². The molecule has 4 heteroatoms. The smallest absolute Gasteiger partial charge is 0.233 e. The fourth-order valence-corrected chi connectivity index (χ4v) is 2.79. The van der Waals surface area contributed by atoms with Crippen molar-refractivity contribution in [1.29, 1.82) is 0 Å². The van der Waals surface area contributed by atoms with Crippen LogP contribution >= 0.6 is 0 Å². The molecule has 2 atom stereocenters. The summed E-state index contributed by atoms with van der Waals surface area (Å²) in [5.41, 5.74) is -0.938. The van der Waals surface area contributed by atoms with Crippen molar-refractivity contribution in [2.24, 2.45) is 11.8 Å². The highest BCUT2D eigenvalue weighted by Gasteiger charge is 2.48. The molecule has 1 aliphatic heterocycles. The monoisotopic (exact) mass is 251 g/mol. The first-order valence-corrected chi connectivity index (χ1v) is 6.75. The number of hydrogen-bond donors (Lipinski definition) is 1. The predicted molar refractivity (Wildman–Crippen MR) is 67.6 cm³/mol. The average molecular weight is 251 g/mol. The summed E-state index contributed by atoms with van der Waals surface area (Å²) in [6, 6.07) is 0. The van der Waals surface area contributed by atoms with E-state index < -0.39 is 5.60 Å². The zero-order chi connectivity index (χ0) is 13.3. The van der Waals surface area contributed by atoms with Gasteiger partial charge in [0.05, 0.1) is 24.0 Å². The van der Waals surface area contributed by atoms with Crippen molar-refractivity contribution in [3.8, 4) is 0 Å². The standard InChI is InChI=1S/C14H21NO3/c1-3-14(18,4-2)9-15-12(16)10-7-5-6-8-11(10)13(15)17/h5-6,10-11,18H,3-4,7-9H2,1-2H3/t10-,11+. The van der Waals surface area contributed by atoms with Gasteiger partial charge in [-0.05, 0) is 25.7 Å². The second-order valence-corrected chi connectivity index (χ2v) is 5.35. The number of nitrogens with zero attached hydrogens (tertiary/aromatic N) is 1. The van der Waals surface area contributed by atoms with E-state index in [-0.39, 0.29) is 30.2 Å². The van der Waals surface area contributed by atoms with Crippen molar-refractivity contribution in [3.05, 3.63) is 12.2 Å². The van der Waals surface area contributed by atoms with Crippen LogP contribution in [0.5, 0.6) is 0 Å². The number of carbonyl (C=O) groups excluding carboxylic acids is 2. The van der Waals surface area contributed by atoms with E-state index in [0.717, 1.165) is 0 Å². The second-order valence-electron chi connectivity index (χ2n) is 5.35. The molecule has 18 heavy (non-hydrogen) atoms. The molecule has 1 N–H and O–H groups in total. The van der Waals surface area contributed by atoms with E-state index in [1.807, 2.05) is 26.0 Å². The van der Waals surface area contributed by atoms with Crippen LogP contribution < -0.4 is 0 Å². The van der Waals surface area contributed by atoms with Crippen LogP contribution in [-0.2, 0) is 9.59 Å². The maximum atomic E-state index is 12.2. The van der Waals surface area contributed by atoms with Crippen LogP contribution in [0.2, 0.25) is 0 Å². The largest absolute Gasteiger partial charge is 0.388 e.